The number of methoxy groups -OCH3 is 1. The van der Waals surface area contributed by atoms with Crippen LogP contribution >= 0.6 is 0 Å². The molecule has 1 saturated heterocycles. The molecule has 0 aliphatic carbocycles. The molecule has 22 nitrogen and oxygen atoms in total. The van der Waals surface area contributed by atoms with Crippen molar-refractivity contribution in [3.63, 3.8) is 0 Å². The average Bonchev–Trinajstić information content (AvgIpc) is 4.23. The zero-order valence-electron chi connectivity index (χ0n) is 47.6. The van der Waals surface area contributed by atoms with Gasteiger partial charge in [0.05, 0.1) is 47.6 Å². The summed E-state index contributed by atoms with van der Waals surface area (Å²) in [6.45, 7) is 11.5. The molecule has 6 rings (SSSR count). The first-order valence-corrected chi connectivity index (χ1v) is 28.8. The number of carbonyl (C=O) groups excluding carboxylic acids is 6. The van der Waals surface area contributed by atoms with Gasteiger partial charge in [-0.3, -0.25) is 48.9 Å². The van der Waals surface area contributed by atoms with Crippen molar-refractivity contribution in [1.82, 2.24) is 40.8 Å². The maximum Gasteiger partial charge on any atom is 2.00 e. The predicted octanol–water partition coefficient (Wildman–Crippen LogP) is 2.33. The molecule has 4 amide bonds. The number of esters is 1. The number of ketones is 1. The molecule has 0 saturated carbocycles. The van der Waals surface area contributed by atoms with Gasteiger partial charge in [-0.1, -0.05) is 50.1 Å². The van der Waals surface area contributed by atoms with E-state index in [-0.39, 0.29) is 168 Å². The van der Waals surface area contributed by atoms with Gasteiger partial charge in [0.2, 0.25) is 23.6 Å². The molecular formula is C56H75KN10O12PdS. The fraction of sp³-hybridized carbons (Fsp3) is 0.571. The smallest absolute Gasteiger partial charge is 0.748 e. The third-order valence-corrected chi connectivity index (χ3v) is 16.2. The third-order valence-electron chi connectivity index (χ3n) is 15.5. The molecule has 3 aliphatic rings. The maximum atomic E-state index is 14.3. The van der Waals surface area contributed by atoms with Crippen molar-refractivity contribution < 1.29 is 128 Å². The number of fused-ring (bicyclic) bond motifs is 8. The minimum absolute atomic E-state index is 0. The predicted molar refractivity (Wildman–Crippen MR) is 294 cm³/mol. The van der Waals surface area contributed by atoms with Gasteiger partial charge in [0.1, 0.15) is 0 Å². The maximum absolute atomic E-state index is 14.3. The number of aromatic nitrogens is 4. The van der Waals surface area contributed by atoms with Crippen LogP contribution in [-0.4, -0.2) is 125 Å². The number of aliphatic carboxylic acids is 1. The normalized spacial score (nSPS) is 18.1. The Morgan fingerprint density at radius 1 is 0.889 bits per heavy atom. The summed E-state index contributed by atoms with van der Waals surface area (Å²) in [5.74, 6) is -5.86. The number of nitrogens with two attached hydrogens (primary N) is 1. The average molecular weight is 1260 g/mol. The Labute approximate surface area is 529 Å². The second-order valence-corrected chi connectivity index (χ2v) is 22.7. The third kappa shape index (κ3) is 18.4. The minimum atomic E-state index is -4.70. The first kappa shape index (κ1) is 68.8. The van der Waals surface area contributed by atoms with Gasteiger partial charge in [0.15, 0.2) is 5.78 Å². The van der Waals surface area contributed by atoms with Crippen LogP contribution in [0.2, 0.25) is 0 Å². The van der Waals surface area contributed by atoms with Crippen molar-refractivity contribution in [2.75, 3.05) is 39.0 Å². The number of amides is 4. The fourth-order valence-corrected chi connectivity index (χ4v) is 11.5. The minimum Gasteiger partial charge on any atom is -0.748 e. The molecule has 0 radical (unpaired) electrons. The van der Waals surface area contributed by atoms with Crippen molar-refractivity contribution in [2.24, 2.45) is 11.7 Å². The molecule has 3 aromatic rings. The Balaban J connectivity index is 0.00000706. The Bertz CT molecular complexity index is 3130. The van der Waals surface area contributed by atoms with Gasteiger partial charge < -0.3 is 50.9 Å². The van der Waals surface area contributed by atoms with Gasteiger partial charge >= 0.3 is 83.7 Å². The summed E-state index contributed by atoms with van der Waals surface area (Å²) in [7, 11) is -3.48. The van der Waals surface area contributed by atoms with Crippen LogP contribution in [0.25, 0.3) is 22.1 Å². The number of aryl methyl sites for hydroxylation is 2. The van der Waals surface area contributed by atoms with E-state index in [2.05, 4.69) is 16.0 Å². The zero-order chi connectivity index (χ0) is 57.9. The molecule has 1 fully saturated rings. The van der Waals surface area contributed by atoms with Crippen molar-refractivity contribution in [3.8, 4) is 0 Å². The van der Waals surface area contributed by atoms with Crippen LogP contribution in [0.4, 0.5) is 0 Å². The second-order valence-electron chi connectivity index (χ2n) is 21.1. The fourth-order valence-electron chi connectivity index (χ4n) is 11.1. The van der Waals surface area contributed by atoms with Crippen LogP contribution in [0.3, 0.4) is 0 Å². The largest absolute Gasteiger partial charge is 2.00 e. The number of nitrogens with one attached hydrogen (secondary N) is 4. The van der Waals surface area contributed by atoms with Gasteiger partial charge in [-0.15, -0.1) is 22.1 Å². The summed E-state index contributed by atoms with van der Waals surface area (Å²) in [5, 5.41) is 25.5. The number of carboxylic acids is 1. The molecule has 81 heavy (non-hydrogen) atoms. The molecule has 6 heterocycles. The number of likely N-dealkylation sites (tertiary alicyclic amines) is 1. The van der Waals surface area contributed by atoms with E-state index in [1.807, 2.05) is 33.8 Å². The molecule has 0 aromatic carbocycles. The number of carboxylic acid groups (broad SMARTS) is 1. The van der Waals surface area contributed by atoms with E-state index in [4.69, 9.17) is 35.8 Å². The number of rotatable bonds is 25. The van der Waals surface area contributed by atoms with E-state index < -0.39 is 70.5 Å². The van der Waals surface area contributed by atoms with Gasteiger partial charge in [-0.25, -0.2) is 8.42 Å². The number of unbranched alkanes of at least 4 members (excludes halogenated alkanes) is 2. The van der Waals surface area contributed by atoms with Crippen LogP contribution in [0.1, 0.15) is 195 Å². The summed E-state index contributed by atoms with van der Waals surface area (Å²) in [5.41, 5.74) is 10.7. The molecule has 0 spiro atoms. The first-order valence-electron chi connectivity index (χ1n) is 27.3. The standard InChI is InChI=1S/C56H78N10O12S.K.Pd/c1-8-37-30(2)40-28-45-51(34(6)67)32(4)42(63-45)26-41-31(3)38(53(64-41)39(25-50(72)78-7)54-52(56(74)60-21-23-79(75,76)77)33(5)43(65-54)27-44(37)62-40)18-19-47(68)59-20-12-11-15-36(24-49(70)71)61-55(73)35-14-13-22-66(29-35)48(69)17-10-9-16-46(57)58;;/h26-28,30-31,35-38H,8-25,29H2,1-7H3,(H10,57,58,59,60,61,62,63,64,65,67,68,70,71,73,74,75,76,77);;/q;+1;+2/p-3/t30?,31?,35?,36?,37-,38+;;/m1../s1. The number of hydrogen-bond donors (Lipinski definition) is 6. The number of piperidine rings is 1. The monoisotopic (exact) mass is 1260 g/mol. The molecule has 4 unspecified atom stereocenters. The van der Waals surface area contributed by atoms with Gasteiger partial charge in [-0.2, -0.15) is 0 Å². The molecular weight excluding hydrogens is 1180 g/mol. The van der Waals surface area contributed by atoms with Gasteiger partial charge in [0.25, 0.3) is 0 Å². The molecule has 6 atom stereocenters. The van der Waals surface area contributed by atoms with Crippen LogP contribution in [0, 0.1) is 25.2 Å². The van der Waals surface area contributed by atoms with Gasteiger partial charge in [-0.05, 0) is 84.1 Å². The number of Topliss-reactive ketones (excluding diaryl/α,β-unsaturated/α-hetero) is 1. The molecule has 25 heteroatoms. The summed E-state index contributed by atoms with van der Waals surface area (Å²) in [6.07, 6.45) is 4.52. The number of amidine groups is 1. The van der Waals surface area contributed by atoms with Crippen LogP contribution < -0.4 is 83.0 Å². The quantitative estimate of drug-likeness (QED) is 0.0135. The Kier molecular flexibility index (Phi) is 26.5. The van der Waals surface area contributed by atoms with Crippen molar-refractivity contribution >= 4 is 79.4 Å². The summed E-state index contributed by atoms with van der Waals surface area (Å²) in [4.78, 5) is 115. The van der Waals surface area contributed by atoms with E-state index in [1.54, 1.807) is 24.0 Å². The van der Waals surface area contributed by atoms with E-state index >= 15 is 0 Å². The summed E-state index contributed by atoms with van der Waals surface area (Å²) in [6, 6.07) is 4.71. The van der Waals surface area contributed by atoms with E-state index in [9.17, 15) is 51.6 Å². The molecule has 3 aromatic heterocycles. The molecule has 438 valence electrons. The number of carbonyl (C=O) groups is 7. The molecule has 7 N–H and O–H groups in total. The Morgan fingerprint density at radius 2 is 1.53 bits per heavy atom. The topological polar surface area (TPSA) is 349 Å². The summed E-state index contributed by atoms with van der Waals surface area (Å²) >= 11 is 0. The van der Waals surface area contributed by atoms with E-state index in [0.717, 1.165) is 0 Å². The summed E-state index contributed by atoms with van der Waals surface area (Å²) < 4.78 is 40.0. The van der Waals surface area contributed by atoms with Crippen LogP contribution in [0.15, 0.2) is 18.2 Å². The SMILES string of the molecule is CC[C@H]1c2cc3[n-]c(c(CC(=O)OC)c4nc(cc5[n-]c(cc(n2)C1C)c(C(C)=O)c5C)C(C)[C@@H]4CCC(=O)NCCCCC(CC(=O)O)NC(=O)C1CCCN(C(=O)CCCCC(=N)N)C1)c(C(=O)NCCS(=O)(=O)[O-])c3C.[K+].[Pd+2]. The first-order chi connectivity index (χ1) is 37.4. The number of hydrogen-bond acceptors (Lipinski definition) is 14. The van der Waals surface area contributed by atoms with Crippen molar-refractivity contribution in [2.45, 2.75) is 161 Å². The van der Waals surface area contributed by atoms with E-state index in [1.165, 1.54) is 14.0 Å². The van der Waals surface area contributed by atoms with Crippen molar-refractivity contribution in [1.29, 1.82) is 5.41 Å². The van der Waals surface area contributed by atoms with Crippen molar-refractivity contribution in [3.05, 3.63) is 68.8 Å². The van der Waals surface area contributed by atoms with Gasteiger partial charge in [0, 0.05) is 109 Å². The Morgan fingerprint density at radius 3 is 2.19 bits per heavy atom. The zero-order valence-corrected chi connectivity index (χ0v) is 53.1. The molecule has 8 bridgehead atoms. The Hall–Kier alpha value is -4.71. The van der Waals surface area contributed by atoms with E-state index in [0.29, 0.717) is 120 Å². The van der Waals surface area contributed by atoms with Crippen LogP contribution in [-0.2, 0) is 65.7 Å². The van der Waals surface area contributed by atoms with Crippen LogP contribution in [0.5, 0.6) is 0 Å². The second kappa shape index (κ2) is 31.3. The number of nitrogens with zero attached hydrogens (tertiary/aromatic N) is 5. The number of ether oxygens (including phenoxy) is 1. The molecule has 3 aliphatic heterocycles.